The van der Waals surface area contributed by atoms with Crippen LogP contribution in [0.4, 0.5) is 0 Å². The van der Waals surface area contributed by atoms with Crippen LogP contribution in [-0.2, 0) is 4.79 Å². The molecule has 4 fully saturated rings. The van der Waals surface area contributed by atoms with Crippen molar-refractivity contribution in [1.29, 1.82) is 0 Å². The Bertz CT molecular complexity index is 496. The van der Waals surface area contributed by atoms with Crippen molar-refractivity contribution in [2.45, 2.75) is 84.2 Å². The molecule has 0 aromatic heterocycles. The summed E-state index contributed by atoms with van der Waals surface area (Å²) in [5.74, 6) is 3.44. The van der Waals surface area contributed by atoms with Crippen LogP contribution in [-0.4, -0.2) is 16.5 Å². The fourth-order valence-electron chi connectivity index (χ4n) is 7.29. The molecule has 7 atom stereocenters. The predicted molar refractivity (Wildman–Crippen MR) is 87.4 cm³/mol. The van der Waals surface area contributed by atoms with Gasteiger partial charge in [-0.15, -0.1) is 0 Å². The number of hydrogen-bond acceptors (Lipinski definition) is 2. The lowest BCUT2D eigenvalue weighted by Crippen LogP contribution is -2.55. The first kappa shape index (κ1) is 15.2. The Hall–Kier alpha value is -0.370. The smallest absolute Gasteiger partial charge is 0.133 e. The van der Waals surface area contributed by atoms with Crippen molar-refractivity contribution in [1.82, 2.24) is 0 Å². The highest BCUT2D eigenvalue weighted by Gasteiger charge is 2.63. The molecule has 4 rings (SSSR count). The molecule has 2 nitrogen and oxygen atoms in total. The average molecular weight is 304 g/mol. The highest BCUT2D eigenvalue weighted by atomic mass is 16.3. The minimum atomic E-state index is -0.469. The van der Waals surface area contributed by atoms with E-state index in [2.05, 4.69) is 20.8 Å². The van der Waals surface area contributed by atoms with Crippen molar-refractivity contribution >= 4 is 5.78 Å². The highest BCUT2D eigenvalue weighted by molar-refractivity contribution is 5.79. The summed E-state index contributed by atoms with van der Waals surface area (Å²) in [6, 6.07) is 0. The van der Waals surface area contributed by atoms with Crippen molar-refractivity contribution in [2.24, 2.45) is 34.5 Å². The van der Waals surface area contributed by atoms with Gasteiger partial charge in [-0.05, 0) is 86.4 Å². The molecule has 1 N–H and O–H groups in total. The Morgan fingerprint density at radius 1 is 0.955 bits per heavy atom. The third-order valence-corrected chi connectivity index (χ3v) is 9.04. The zero-order valence-corrected chi connectivity index (χ0v) is 14.5. The summed E-state index contributed by atoms with van der Waals surface area (Å²) in [6.45, 7) is 6.94. The summed E-state index contributed by atoms with van der Waals surface area (Å²) in [4.78, 5) is 11.9. The van der Waals surface area contributed by atoms with Gasteiger partial charge in [0, 0.05) is 12.8 Å². The number of fused-ring (bicyclic) bond motifs is 5. The number of Topliss-reactive ketones (excluding diaryl/α,β-unsaturated/α-hetero) is 1. The van der Waals surface area contributed by atoms with E-state index in [1.165, 1.54) is 32.1 Å². The minimum Gasteiger partial charge on any atom is -0.390 e. The van der Waals surface area contributed by atoms with Crippen LogP contribution in [0.1, 0.15) is 78.6 Å². The third-order valence-electron chi connectivity index (χ3n) is 9.04. The molecule has 0 heterocycles. The molecule has 2 heteroatoms. The molecule has 124 valence electrons. The number of rotatable bonds is 0. The summed E-state index contributed by atoms with van der Waals surface area (Å²) in [7, 11) is 0. The van der Waals surface area contributed by atoms with E-state index in [1.54, 1.807) is 0 Å². The number of ketones is 1. The first-order chi connectivity index (χ1) is 10.3. The molecule has 0 radical (unpaired) electrons. The van der Waals surface area contributed by atoms with E-state index in [9.17, 15) is 9.90 Å². The summed E-state index contributed by atoms with van der Waals surface area (Å²) in [6.07, 6.45) is 9.98. The maximum absolute atomic E-state index is 11.9. The van der Waals surface area contributed by atoms with E-state index in [4.69, 9.17) is 0 Å². The molecule has 0 aromatic carbocycles. The van der Waals surface area contributed by atoms with Crippen LogP contribution in [0.3, 0.4) is 0 Å². The van der Waals surface area contributed by atoms with Crippen molar-refractivity contribution in [3.05, 3.63) is 0 Å². The van der Waals surface area contributed by atoms with Gasteiger partial charge >= 0.3 is 0 Å². The molecule has 4 aliphatic rings. The predicted octanol–water partition coefficient (Wildman–Crippen LogP) is 4.35. The topological polar surface area (TPSA) is 37.3 Å². The average Bonchev–Trinajstić information content (AvgIpc) is 2.70. The number of aliphatic hydroxyl groups is 1. The van der Waals surface area contributed by atoms with Gasteiger partial charge in [0.25, 0.3) is 0 Å². The summed E-state index contributed by atoms with van der Waals surface area (Å²) >= 11 is 0. The van der Waals surface area contributed by atoms with Gasteiger partial charge in [0.15, 0.2) is 0 Å². The van der Waals surface area contributed by atoms with Crippen molar-refractivity contribution in [3.8, 4) is 0 Å². The van der Waals surface area contributed by atoms with Gasteiger partial charge in [-0.3, -0.25) is 4.79 Å². The first-order valence-corrected chi connectivity index (χ1v) is 9.52. The van der Waals surface area contributed by atoms with Gasteiger partial charge in [0.2, 0.25) is 0 Å². The van der Waals surface area contributed by atoms with E-state index >= 15 is 0 Å². The Balaban J connectivity index is 1.65. The van der Waals surface area contributed by atoms with Crippen molar-refractivity contribution in [3.63, 3.8) is 0 Å². The van der Waals surface area contributed by atoms with E-state index < -0.39 is 5.60 Å². The van der Waals surface area contributed by atoms with Gasteiger partial charge < -0.3 is 5.11 Å². The van der Waals surface area contributed by atoms with Crippen LogP contribution < -0.4 is 0 Å². The quantitative estimate of drug-likeness (QED) is 0.722. The molecule has 4 aliphatic carbocycles. The van der Waals surface area contributed by atoms with E-state index in [1.807, 2.05) is 0 Å². The molecule has 22 heavy (non-hydrogen) atoms. The van der Waals surface area contributed by atoms with Crippen molar-refractivity contribution in [2.75, 3.05) is 0 Å². The van der Waals surface area contributed by atoms with E-state index in [-0.39, 0.29) is 5.41 Å². The van der Waals surface area contributed by atoms with Gasteiger partial charge in [-0.1, -0.05) is 13.8 Å². The molecular weight excluding hydrogens is 272 g/mol. The van der Waals surface area contributed by atoms with Crippen LogP contribution in [0.5, 0.6) is 0 Å². The zero-order chi connectivity index (χ0) is 15.8. The van der Waals surface area contributed by atoms with Crippen LogP contribution in [0.2, 0.25) is 0 Å². The SMILES string of the molecule is C[C@]12CCC(=O)C[C@@H]1CC[C@H]1[C@H]3CC[C@](C)(O)[C@]3(C)CC[C@@H]12. The normalized spacial score (nSPS) is 57.9. The third kappa shape index (κ3) is 1.79. The second-order valence-corrected chi connectivity index (χ2v) is 9.67. The maximum atomic E-state index is 11.9. The molecule has 4 saturated carbocycles. The molecule has 0 aromatic rings. The Labute approximate surface area is 135 Å². The number of carbonyl (C=O) groups is 1. The summed E-state index contributed by atoms with van der Waals surface area (Å²) < 4.78 is 0. The monoisotopic (exact) mass is 304 g/mol. The summed E-state index contributed by atoms with van der Waals surface area (Å²) in [5.41, 5.74) is 0.0530. The zero-order valence-electron chi connectivity index (χ0n) is 14.5. The van der Waals surface area contributed by atoms with Crippen LogP contribution in [0.15, 0.2) is 0 Å². The second-order valence-electron chi connectivity index (χ2n) is 9.67. The van der Waals surface area contributed by atoms with Gasteiger partial charge in [-0.25, -0.2) is 0 Å². The minimum absolute atomic E-state index is 0.127. The lowest BCUT2D eigenvalue weighted by Gasteiger charge is -2.60. The van der Waals surface area contributed by atoms with Gasteiger partial charge in [-0.2, -0.15) is 0 Å². The van der Waals surface area contributed by atoms with Crippen molar-refractivity contribution < 1.29 is 9.90 Å². The van der Waals surface area contributed by atoms with Gasteiger partial charge in [0.05, 0.1) is 5.60 Å². The fraction of sp³-hybridized carbons (Fsp3) is 0.950. The first-order valence-electron chi connectivity index (χ1n) is 9.52. The largest absolute Gasteiger partial charge is 0.390 e. The van der Waals surface area contributed by atoms with Gasteiger partial charge in [0.1, 0.15) is 5.78 Å². The van der Waals surface area contributed by atoms with E-state index in [0.717, 1.165) is 37.5 Å². The fourth-order valence-corrected chi connectivity index (χ4v) is 7.29. The number of carbonyl (C=O) groups excluding carboxylic acids is 1. The second kappa shape index (κ2) is 4.59. The Morgan fingerprint density at radius 3 is 2.45 bits per heavy atom. The lowest BCUT2D eigenvalue weighted by molar-refractivity contribution is -0.152. The van der Waals surface area contributed by atoms with Crippen LogP contribution in [0, 0.1) is 34.5 Å². The maximum Gasteiger partial charge on any atom is 0.133 e. The highest BCUT2D eigenvalue weighted by Crippen LogP contribution is 2.67. The molecule has 0 spiro atoms. The van der Waals surface area contributed by atoms with E-state index in [0.29, 0.717) is 23.0 Å². The molecule has 0 saturated heterocycles. The van der Waals surface area contributed by atoms with Crippen LogP contribution in [0.25, 0.3) is 0 Å². The standard InChI is InChI=1S/C20H32O2/c1-18-9-6-14(21)12-13(18)4-5-15-16(18)7-10-19(2)17(15)8-11-20(19,3)22/h13,15-17,22H,4-12H2,1-3H3/t13-,15+,16-,17+,18-,19+,20-/m0/s1. The Morgan fingerprint density at radius 2 is 1.68 bits per heavy atom. The summed E-state index contributed by atoms with van der Waals surface area (Å²) in [5, 5.41) is 10.9. The number of hydrogen-bond donors (Lipinski definition) is 1. The lowest BCUT2D eigenvalue weighted by atomic mass is 9.44. The Kier molecular flexibility index (Phi) is 3.16. The molecular formula is C20H32O2. The molecule has 0 unspecified atom stereocenters. The molecule has 0 aliphatic heterocycles. The molecule has 0 bridgehead atoms. The van der Waals surface area contributed by atoms with Crippen LogP contribution >= 0.6 is 0 Å². The molecule has 0 amide bonds.